The number of carboxylic acid groups (broad SMARTS) is 1. The van der Waals surface area contributed by atoms with Gasteiger partial charge in [-0.3, -0.25) is 14.6 Å². The van der Waals surface area contributed by atoms with Gasteiger partial charge in [-0.05, 0) is 56.8 Å². The number of amides is 1. The smallest absolute Gasteiger partial charge is 0.344 e. The summed E-state index contributed by atoms with van der Waals surface area (Å²) in [4.78, 5) is 30.2. The number of aryl methyl sites for hydroxylation is 1. The average Bonchev–Trinajstić information content (AvgIpc) is 3.28. The number of aliphatic carboxylic acids is 1. The van der Waals surface area contributed by atoms with E-state index in [9.17, 15) is 9.59 Å². The number of hydrogen-bond acceptors (Lipinski definition) is 6. The number of carboxylic acids is 1. The maximum absolute atomic E-state index is 12.9. The number of allylic oxidation sites excluding steroid dienone is 1. The molecule has 188 valence electrons. The van der Waals surface area contributed by atoms with Crippen LogP contribution in [0.15, 0.2) is 42.7 Å². The largest absolute Gasteiger partial charge is 0.480 e. The van der Waals surface area contributed by atoms with E-state index in [1.807, 2.05) is 16.7 Å². The predicted octanol–water partition coefficient (Wildman–Crippen LogP) is 3.19. The number of carbonyl (C=O) groups excluding carboxylic acids is 1. The topological polar surface area (TPSA) is 93.9 Å². The van der Waals surface area contributed by atoms with Crippen LogP contribution in [0.4, 0.5) is 10.6 Å². The highest BCUT2D eigenvalue weighted by Gasteiger charge is 2.26. The molecule has 0 bridgehead atoms. The van der Waals surface area contributed by atoms with Crippen LogP contribution in [-0.2, 0) is 11.3 Å². The van der Waals surface area contributed by atoms with Gasteiger partial charge in [0.25, 0.3) is 0 Å². The Hall–Kier alpha value is -3.17. The van der Waals surface area contributed by atoms with E-state index in [1.165, 1.54) is 21.4 Å². The summed E-state index contributed by atoms with van der Waals surface area (Å²) in [6.45, 7) is 13.4. The first-order valence-electron chi connectivity index (χ1n) is 12.3. The third-order valence-corrected chi connectivity index (χ3v) is 6.85. The summed E-state index contributed by atoms with van der Waals surface area (Å²) in [5.74, 6) is 0.318. The zero-order valence-corrected chi connectivity index (χ0v) is 20.7. The maximum Gasteiger partial charge on any atom is 0.344 e. The number of likely N-dealkylation sites (tertiary alicyclic amines) is 1. The fraction of sp³-hybridized carbons (Fsp3) is 0.500. The Balaban J connectivity index is 1.34. The fourth-order valence-electron chi connectivity index (χ4n) is 5.03. The number of rotatable bonds is 7. The molecule has 2 aliphatic rings. The summed E-state index contributed by atoms with van der Waals surface area (Å²) in [6, 6.07) is 8.39. The molecule has 0 unspecified atom stereocenters. The van der Waals surface area contributed by atoms with Gasteiger partial charge in [-0.15, -0.1) is 5.10 Å². The van der Waals surface area contributed by atoms with E-state index < -0.39 is 5.97 Å². The highest BCUT2D eigenvalue weighted by atomic mass is 16.4. The monoisotopic (exact) mass is 480 g/mol. The Bertz CT molecular complexity index is 1060. The second kappa shape index (κ2) is 11.0. The Morgan fingerprint density at radius 3 is 2.46 bits per heavy atom. The van der Waals surface area contributed by atoms with Crippen molar-refractivity contribution < 1.29 is 14.7 Å². The summed E-state index contributed by atoms with van der Waals surface area (Å²) < 4.78 is 1.38. The first kappa shape index (κ1) is 24.9. The summed E-state index contributed by atoms with van der Waals surface area (Å²) >= 11 is 0. The Morgan fingerprint density at radius 1 is 1.09 bits per heavy atom. The van der Waals surface area contributed by atoms with E-state index in [2.05, 4.69) is 47.0 Å². The lowest BCUT2D eigenvalue weighted by molar-refractivity contribution is -0.138. The standard InChI is InChI=1S/C26H36N6O3/c1-19(2)27-24-8-11-32(28-24)26(35)31-14-12-30(13-15-31)17-22-5-4-20(3)16-23(22)21-6-9-29(10-7-21)18-25(33)34/h4-5,8,11,16,21H,1,6-7,9-10,12-15,17-18H2,2-3H3,(H,27,28)(H,33,34). The maximum atomic E-state index is 12.9. The zero-order valence-electron chi connectivity index (χ0n) is 20.7. The first-order valence-corrected chi connectivity index (χ1v) is 12.3. The van der Waals surface area contributed by atoms with Gasteiger partial charge in [0.2, 0.25) is 0 Å². The Morgan fingerprint density at radius 2 is 1.80 bits per heavy atom. The van der Waals surface area contributed by atoms with Crippen molar-refractivity contribution in [2.24, 2.45) is 0 Å². The molecule has 2 aromatic rings. The number of nitrogens with zero attached hydrogens (tertiary/aromatic N) is 5. The van der Waals surface area contributed by atoms with Gasteiger partial charge in [-0.2, -0.15) is 4.68 Å². The van der Waals surface area contributed by atoms with Crippen LogP contribution in [0.25, 0.3) is 0 Å². The third-order valence-electron chi connectivity index (χ3n) is 6.85. The van der Waals surface area contributed by atoms with Crippen LogP contribution in [0.5, 0.6) is 0 Å². The van der Waals surface area contributed by atoms with E-state index >= 15 is 0 Å². The molecule has 2 saturated heterocycles. The van der Waals surface area contributed by atoms with Gasteiger partial charge in [0.1, 0.15) is 0 Å². The number of carbonyl (C=O) groups is 2. The number of aromatic nitrogens is 2. The number of benzene rings is 1. The van der Waals surface area contributed by atoms with Crippen molar-refractivity contribution in [3.63, 3.8) is 0 Å². The van der Waals surface area contributed by atoms with Crippen LogP contribution in [0.2, 0.25) is 0 Å². The molecule has 1 aromatic carbocycles. The molecule has 2 fully saturated rings. The van der Waals surface area contributed by atoms with Crippen molar-refractivity contribution in [2.75, 3.05) is 51.1 Å². The number of nitrogens with one attached hydrogen (secondary N) is 1. The molecule has 1 amide bonds. The average molecular weight is 481 g/mol. The van der Waals surface area contributed by atoms with Crippen LogP contribution in [0.1, 0.15) is 42.4 Å². The second-order valence-electron chi connectivity index (χ2n) is 9.74. The lowest BCUT2D eigenvalue weighted by atomic mass is 9.85. The summed E-state index contributed by atoms with van der Waals surface area (Å²) in [5, 5.41) is 16.4. The molecule has 3 heterocycles. The van der Waals surface area contributed by atoms with Crippen molar-refractivity contribution >= 4 is 17.8 Å². The van der Waals surface area contributed by atoms with Crippen LogP contribution >= 0.6 is 0 Å². The van der Waals surface area contributed by atoms with Gasteiger partial charge in [0.05, 0.1) is 6.54 Å². The fourth-order valence-corrected chi connectivity index (χ4v) is 5.03. The molecule has 9 nitrogen and oxygen atoms in total. The zero-order chi connectivity index (χ0) is 24.9. The van der Waals surface area contributed by atoms with E-state index in [0.29, 0.717) is 24.8 Å². The summed E-state index contributed by atoms with van der Waals surface area (Å²) in [7, 11) is 0. The van der Waals surface area contributed by atoms with E-state index in [1.54, 1.807) is 12.3 Å². The highest BCUT2D eigenvalue weighted by molar-refractivity contribution is 5.76. The van der Waals surface area contributed by atoms with Gasteiger partial charge in [-0.1, -0.05) is 30.3 Å². The number of hydrogen-bond donors (Lipinski definition) is 2. The Kier molecular flexibility index (Phi) is 7.87. The Labute approximate surface area is 207 Å². The lowest BCUT2D eigenvalue weighted by Gasteiger charge is -2.36. The summed E-state index contributed by atoms with van der Waals surface area (Å²) in [6.07, 6.45) is 3.65. The van der Waals surface area contributed by atoms with Gasteiger partial charge in [0, 0.05) is 50.7 Å². The summed E-state index contributed by atoms with van der Waals surface area (Å²) in [5.41, 5.74) is 4.77. The molecule has 0 radical (unpaired) electrons. The minimum absolute atomic E-state index is 0.108. The highest BCUT2D eigenvalue weighted by Crippen LogP contribution is 2.32. The molecule has 1 aromatic heterocycles. The molecule has 0 atom stereocenters. The molecule has 0 aliphatic carbocycles. The van der Waals surface area contributed by atoms with Crippen molar-refractivity contribution in [1.29, 1.82) is 0 Å². The molecular formula is C26H36N6O3. The molecule has 35 heavy (non-hydrogen) atoms. The van der Waals surface area contributed by atoms with Gasteiger partial charge in [-0.25, -0.2) is 4.79 Å². The molecule has 0 saturated carbocycles. The van der Waals surface area contributed by atoms with Gasteiger partial charge >= 0.3 is 12.0 Å². The van der Waals surface area contributed by atoms with Crippen molar-refractivity contribution in [2.45, 2.75) is 39.2 Å². The van der Waals surface area contributed by atoms with E-state index in [0.717, 1.165) is 51.3 Å². The number of piperidine rings is 1. The second-order valence-corrected chi connectivity index (χ2v) is 9.74. The normalized spacial score (nSPS) is 17.9. The molecule has 2 N–H and O–H groups in total. The minimum atomic E-state index is -0.756. The molecule has 0 spiro atoms. The molecular weight excluding hydrogens is 444 g/mol. The molecule has 4 rings (SSSR count). The van der Waals surface area contributed by atoms with Gasteiger partial charge in [0.15, 0.2) is 5.82 Å². The number of piperazine rings is 1. The first-order chi connectivity index (χ1) is 16.8. The SMILES string of the molecule is C=C(C)Nc1ccn(C(=O)N2CCN(Cc3ccc(C)cc3C3CCN(CC(=O)O)CC3)CC2)n1. The van der Waals surface area contributed by atoms with Crippen molar-refractivity contribution in [3.8, 4) is 0 Å². The van der Waals surface area contributed by atoms with Crippen LogP contribution in [0, 0.1) is 6.92 Å². The molecule has 9 heteroatoms. The van der Waals surface area contributed by atoms with Crippen molar-refractivity contribution in [3.05, 3.63) is 59.4 Å². The van der Waals surface area contributed by atoms with Crippen molar-refractivity contribution in [1.82, 2.24) is 24.5 Å². The van der Waals surface area contributed by atoms with Crippen LogP contribution in [0.3, 0.4) is 0 Å². The van der Waals surface area contributed by atoms with E-state index in [4.69, 9.17) is 5.11 Å². The quantitative estimate of drug-likeness (QED) is 0.629. The van der Waals surface area contributed by atoms with E-state index in [-0.39, 0.29) is 12.6 Å². The predicted molar refractivity (Wildman–Crippen MR) is 136 cm³/mol. The number of anilines is 1. The van der Waals surface area contributed by atoms with Crippen LogP contribution < -0.4 is 5.32 Å². The van der Waals surface area contributed by atoms with Gasteiger partial charge < -0.3 is 15.3 Å². The third kappa shape index (κ3) is 6.49. The van der Waals surface area contributed by atoms with Crippen LogP contribution in [-0.4, -0.2) is 87.4 Å². The molecule has 2 aliphatic heterocycles. The lowest BCUT2D eigenvalue weighted by Crippen LogP contribution is -2.49. The minimum Gasteiger partial charge on any atom is -0.480 e.